The van der Waals surface area contributed by atoms with Crippen molar-refractivity contribution >= 4 is 6.01 Å². The molecule has 4 nitrogen and oxygen atoms in total. The van der Waals surface area contributed by atoms with Gasteiger partial charge in [-0.3, -0.25) is 0 Å². The first-order valence-electron chi connectivity index (χ1n) is 6.84. The molecule has 18 heavy (non-hydrogen) atoms. The second-order valence-electron chi connectivity index (χ2n) is 5.80. The van der Waals surface area contributed by atoms with Crippen LogP contribution in [0.4, 0.5) is 6.01 Å². The highest BCUT2D eigenvalue weighted by molar-refractivity contribution is 5.28. The number of oxazole rings is 1. The van der Waals surface area contributed by atoms with E-state index in [1.807, 2.05) is 0 Å². The minimum Gasteiger partial charge on any atom is -0.432 e. The normalized spacial score (nSPS) is 11.8. The van der Waals surface area contributed by atoms with E-state index in [4.69, 9.17) is 4.42 Å². The van der Waals surface area contributed by atoms with Crippen molar-refractivity contribution in [2.75, 3.05) is 11.4 Å². The Morgan fingerprint density at radius 1 is 1.22 bits per heavy atom. The average molecular weight is 253 g/mol. The van der Waals surface area contributed by atoms with Gasteiger partial charge in [0.1, 0.15) is 6.26 Å². The molecule has 0 saturated heterocycles. The highest BCUT2D eigenvalue weighted by atomic mass is 16.4. The van der Waals surface area contributed by atoms with Crippen molar-refractivity contribution in [1.29, 1.82) is 0 Å². The summed E-state index contributed by atoms with van der Waals surface area (Å²) in [6.07, 6.45) is 1.75. The number of nitrogens with one attached hydrogen (secondary N) is 1. The predicted molar refractivity (Wildman–Crippen MR) is 75.8 cm³/mol. The van der Waals surface area contributed by atoms with Gasteiger partial charge in [0.25, 0.3) is 6.01 Å². The number of anilines is 1. The molecule has 104 valence electrons. The van der Waals surface area contributed by atoms with Gasteiger partial charge in [0.15, 0.2) is 0 Å². The summed E-state index contributed by atoms with van der Waals surface area (Å²) in [5, 5.41) is 3.34. The molecule has 0 aliphatic heterocycles. The van der Waals surface area contributed by atoms with Crippen LogP contribution >= 0.6 is 0 Å². The Labute approximate surface area is 111 Å². The van der Waals surface area contributed by atoms with Crippen LogP contribution in [0.1, 0.15) is 47.2 Å². The smallest absolute Gasteiger partial charge is 0.297 e. The van der Waals surface area contributed by atoms with E-state index in [0.29, 0.717) is 18.0 Å². The van der Waals surface area contributed by atoms with Crippen LogP contribution < -0.4 is 10.2 Å². The predicted octanol–water partition coefficient (Wildman–Crippen LogP) is 3.04. The van der Waals surface area contributed by atoms with Crippen molar-refractivity contribution in [2.45, 2.75) is 60.2 Å². The van der Waals surface area contributed by atoms with E-state index in [1.54, 1.807) is 6.26 Å². The highest BCUT2D eigenvalue weighted by Gasteiger charge is 2.17. The molecule has 0 amide bonds. The van der Waals surface area contributed by atoms with Crippen LogP contribution in [0.5, 0.6) is 0 Å². The van der Waals surface area contributed by atoms with Gasteiger partial charge in [-0.1, -0.05) is 27.7 Å². The number of nitrogens with zero attached hydrogens (tertiary/aromatic N) is 2. The fourth-order valence-electron chi connectivity index (χ4n) is 1.72. The highest BCUT2D eigenvalue weighted by Crippen LogP contribution is 2.18. The van der Waals surface area contributed by atoms with E-state index in [9.17, 15) is 0 Å². The van der Waals surface area contributed by atoms with Crippen molar-refractivity contribution in [3.05, 3.63) is 12.0 Å². The summed E-state index contributed by atoms with van der Waals surface area (Å²) in [6.45, 7) is 14.7. The van der Waals surface area contributed by atoms with Crippen molar-refractivity contribution in [3.63, 3.8) is 0 Å². The first-order valence-corrected chi connectivity index (χ1v) is 6.84. The summed E-state index contributed by atoms with van der Waals surface area (Å²) in [7, 11) is 0. The van der Waals surface area contributed by atoms with Gasteiger partial charge in [0.2, 0.25) is 0 Å². The standard InChI is InChI=1S/C14H27N3O/c1-10(2)8-17(12(5)6)14-16-13(9-18-14)7-15-11(3)4/h9-12,15H,7-8H2,1-6H3. The second kappa shape index (κ2) is 6.78. The molecule has 0 atom stereocenters. The SMILES string of the molecule is CC(C)CN(c1nc(CNC(C)C)co1)C(C)C. The molecule has 4 heteroatoms. The van der Waals surface area contributed by atoms with Gasteiger partial charge in [-0.15, -0.1) is 0 Å². The molecule has 0 unspecified atom stereocenters. The van der Waals surface area contributed by atoms with Crippen molar-refractivity contribution in [1.82, 2.24) is 10.3 Å². The van der Waals surface area contributed by atoms with Crippen molar-refractivity contribution in [3.8, 4) is 0 Å². The fraction of sp³-hybridized carbons (Fsp3) is 0.786. The van der Waals surface area contributed by atoms with Gasteiger partial charge >= 0.3 is 0 Å². The Balaban J connectivity index is 2.68. The van der Waals surface area contributed by atoms with Crippen LogP contribution in [-0.4, -0.2) is 23.6 Å². The van der Waals surface area contributed by atoms with Crippen LogP contribution in [-0.2, 0) is 6.54 Å². The molecule has 0 aliphatic rings. The molecular formula is C14H27N3O. The third-order valence-corrected chi connectivity index (χ3v) is 2.66. The van der Waals surface area contributed by atoms with Gasteiger partial charge in [0.05, 0.1) is 5.69 Å². The summed E-state index contributed by atoms with van der Waals surface area (Å²) in [4.78, 5) is 6.77. The zero-order valence-electron chi connectivity index (χ0n) is 12.5. The molecule has 0 aromatic carbocycles. The molecule has 0 spiro atoms. The second-order valence-corrected chi connectivity index (χ2v) is 5.80. The third-order valence-electron chi connectivity index (χ3n) is 2.66. The zero-order chi connectivity index (χ0) is 13.7. The van der Waals surface area contributed by atoms with Crippen LogP contribution in [0.25, 0.3) is 0 Å². The number of hydrogen-bond donors (Lipinski definition) is 1. The van der Waals surface area contributed by atoms with E-state index < -0.39 is 0 Å². The molecule has 1 heterocycles. The van der Waals surface area contributed by atoms with E-state index in [-0.39, 0.29) is 0 Å². The number of hydrogen-bond acceptors (Lipinski definition) is 4. The minimum absolute atomic E-state index is 0.400. The third kappa shape index (κ3) is 4.69. The molecule has 0 saturated carbocycles. The molecule has 0 bridgehead atoms. The van der Waals surface area contributed by atoms with Crippen molar-refractivity contribution < 1.29 is 4.42 Å². The lowest BCUT2D eigenvalue weighted by Crippen LogP contribution is -2.34. The Kier molecular flexibility index (Phi) is 5.66. The van der Waals surface area contributed by atoms with E-state index in [0.717, 1.165) is 24.8 Å². The van der Waals surface area contributed by atoms with Crippen LogP contribution in [0, 0.1) is 5.92 Å². The molecule has 1 aromatic rings. The number of aromatic nitrogens is 1. The maximum absolute atomic E-state index is 5.60. The maximum Gasteiger partial charge on any atom is 0.297 e. The molecular weight excluding hydrogens is 226 g/mol. The summed E-state index contributed by atoms with van der Waals surface area (Å²) in [5.41, 5.74) is 0.966. The van der Waals surface area contributed by atoms with Gasteiger partial charge in [-0.05, 0) is 19.8 Å². The molecule has 0 fully saturated rings. The lowest BCUT2D eigenvalue weighted by molar-refractivity contribution is 0.482. The van der Waals surface area contributed by atoms with Crippen LogP contribution in [0.2, 0.25) is 0 Å². The van der Waals surface area contributed by atoms with E-state index in [1.165, 1.54) is 0 Å². The van der Waals surface area contributed by atoms with E-state index in [2.05, 4.69) is 56.7 Å². The molecule has 1 rings (SSSR count). The Bertz CT molecular complexity index is 345. The molecule has 1 aromatic heterocycles. The zero-order valence-corrected chi connectivity index (χ0v) is 12.5. The van der Waals surface area contributed by atoms with Crippen LogP contribution in [0.3, 0.4) is 0 Å². The lowest BCUT2D eigenvalue weighted by atomic mass is 10.2. The quantitative estimate of drug-likeness (QED) is 0.811. The largest absolute Gasteiger partial charge is 0.432 e. The van der Waals surface area contributed by atoms with Crippen molar-refractivity contribution in [2.24, 2.45) is 5.92 Å². The molecule has 0 aliphatic carbocycles. The molecule has 1 N–H and O–H groups in total. The Morgan fingerprint density at radius 2 is 1.89 bits per heavy atom. The fourth-order valence-corrected chi connectivity index (χ4v) is 1.72. The monoisotopic (exact) mass is 253 g/mol. The first-order chi connectivity index (χ1) is 8.40. The Morgan fingerprint density at radius 3 is 2.39 bits per heavy atom. The summed E-state index contributed by atoms with van der Waals surface area (Å²) in [5.74, 6) is 0.594. The summed E-state index contributed by atoms with van der Waals surface area (Å²) < 4.78 is 5.60. The van der Waals surface area contributed by atoms with Gasteiger partial charge in [-0.25, -0.2) is 0 Å². The van der Waals surface area contributed by atoms with Gasteiger partial charge in [0, 0.05) is 25.2 Å². The first kappa shape index (κ1) is 15.0. The number of rotatable bonds is 7. The van der Waals surface area contributed by atoms with Gasteiger partial charge in [-0.2, -0.15) is 4.98 Å². The van der Waals surface area contributed by atoms with Crippen LogP contribution in [0.15, 0.2) is 10.7 Å². The molecule has 0 radical (unpaired) electrons. The minimum atomic E-state index is 0.400. The summed E-state index contributed by atoms with van der Waals surface area (Å²) in [6, 6.07) is 1.60. The van der Waals surface area contributed by atoms with Gasteiger partial charge < -0.3 is 14.6 Å². The Hall–Kier alpha value is -1.03. The topological polar surface area (TPSA) is 41.3 Å². The summed E-state index contributed by atoms with van der Waals surface area (Å²) >= 11 is 0. The maximum atomic E-state index is 5.60. The lowest BCUT2D eigenvalue weighted by Gasteiger charge is -2.26. The average Bonchev–Trinajstić information content (AvgIpc) is 2.70. The van der Waals surface area contributed by atoms with E-state index >= 15 is 0 Å².